The van der Waals surface area contributed by atoms with Crippen molar-refractivity contribution in [3.05, 3.63) is 152 Å². The molecule has 0 spiro atoms. The number of nitrogens with zero attached hydrogens (tertiary/aromatic N) is 3. The van der Waals surface area contributed by atoms with Crippen LogP contribution in [0.15, 0.2) is 152 Å². The van der Waals surface area contributed by atoms with Gasteiger partial charge in [-0.05, 0) is 65.4 Å². The molecular formula is C39H25N3. The molecule has 3 aromatic heterocycles. The van der Waals surface area contributed by atoms with Crippen LogP contribution in [0.2, 0.25) is 0 Å². The molecule has 42 heavy (non-hydrogen) atoms. The predicted molar refractivity (Wildman–Crippen MR) is 176 cm³/mol. The summed E-state index contributed by atoms with van der Waals surface area (Å²) in [5, 5.41) is 7.29. The van der Waals surface area contributed by atoms with E-state index in [1.165, 1.54) is 38.0 Å². The molecule has 0 saturated carbocycles. The van der Waals surface area contributed by atoms with Crippen LogP contribution in [0.3, 0.4) is 0 Å². The average molecular weight is 536 g/mol. The van der Waals surface area contributed by atoms with Gasteiger partial charge in [0.05, 0.1) is 22.2 Å². The number of aromatic nitrogens is 3. The number of pyridine rings is 1. The monoisotopic (exact) mass is 535 g/mol. The lowest BCUT2D eigenvalue weighted by atomic mass is 10.0. The highest BCUT2D eigenvalue weighted by Gasteiger charge is 2.19. The molecule has 0 bridgehead atoms. The second-order valence-corrected chi connectivity index (χ2v) is 10.8. The average Bonchev–Trinajstić information content (AvgIpc) is 3.57. The van der Waals surface area contributed by atoms with E-state index in [9.17, 15) is 0 Å². The maximum Gasteiger partial charge on any atom is 0.146 e. The quantitative estimate of drug-likeness (QED) is 0.221. The highest BCUT2D eigenvalue weighted by molar-refractivity contribution is 6.16. The van der Waals surface area contributed by atoms with Crippen LogP contribution < -0.4 is 0 Å². The minimum Gasteiger partial charge on any atom is -0.309 e. The van der Waals surface area contributed by atoms with Gasteiger partial charge in [-0.3, -0.25) is 4.57 Å². The van der Waals surface area contributed by atoms with Gasteiger partial charge in [0.2, 0.25) is 0 Å². The summed E-state index contributed by atoms with van der Waals surface area (Å²) in [5.41, 5.74) is 8.86. The molecule has 0 atom stereocenters. The van der Waals surface area contributed by atoms with Crippen LogP contribution in [-0.4, -0.2) is 14.1 Å². The van der Waals surface area contributed by atoms with E-state index >= 15 is 0 Å². The molecular weight excluding hydrogens is 510 g/mol. The normalized spacial score (nSPS) is 11.8. The lowest BCUT2D eigenvalue weighted by Gasteiger charge is -2.10. The van der Waals surface area contributed by atoms with Crippen LogP contribution in [-0.2, 0) is 0 Å². The van der Waals surface area contributed by atoms with Crippen LogP contribution in [0.5, 0.6) is 0 Å². The molecule has 9 rings (SSSR count). The molecule has 0 aliphatic rings. The Labute approximate surface area is 242 Å². The molecule has 0 aliphatic carbocycles. The van der Waals surface area contributed by atoms with Crippen molar-refractivity contribution in [1.82, 2.24) is 14.1 Å². The highest BCUT2D eigenvalue weighted by Crippen LogP contribution is 2.40. The maximum atomic E-state index is 5.39. The Morgan fingerprint density at radius 2 is 1.10 bits per heavy atom. The smallest absolute Gasteiger partial charge is 0.146 e. The van der Waals surface area contributed by atoms with E-state index in [0.717, 1.165) is 39.2 Å². The molecule has 0 radical (unpaired) electrons. The minimum atomic E-state index is 0.967. The Morgan fingerprint density at radius 1 is 0.405 bits per heavy atom. The molecule has 0 amide bonds. The third-order valence-corrected chi connectivity index (χ3v) is 8.50. The summed E-state index contributed by atoms with van der Waals surface area (Å²) in [4.78, 5) is 5.39. The van der Waals surface area contributed by atoms with Crippen molar-refractivity contribution < 1.29 is 0 Å². The van der Waals surface area contributed by atoms with Crippen LogP contribution in [0, 0.1) is 0 Å². The minimum absolute atomic E-state index is 0.967. The number of fused-ring (bicyclic) bond motifs is 7. The fraction of sp³-hybridized carbons (Fsp3) is 0. The number of rotatable bonds is 3. The molecule has 0 N–H and O–H groups in total. The first-order valence-electron chi connectivity index (χ1n) is 14.3. The van der Waals surface area contributed by atoms with E-state index in [2.05, 4.69) is 161 Å². The molecule has 0 saturated heterocycles. The predicted octanol–water partition coefficient (Wildman–Crippen LogP) is 10.1. The maximum absolute atomic E-state index is 5.39. The van der Waals surface area contributed by atoms with Crippen LogP contribution in [0.4, 0.5) is 0 Å². The zero-order chi connectivity index (χ0) is 27.6. The van der Waals surface area contributed by atoms with Gasteiger partial charge in [0.1, 0.15) is 5.65 Å². The number of hydrogen-bond acceptors (Lipinski definition) is 1. The van der Waals surface area contributed by atoms with Crippen molar-refractivity contribution in [3.8, 4) is 22.6 Å². The molecule has 196 valence electrons. The van der Waals surface area contributed by atoms with Crippen molar-refractivity contribution in [2.75, 3.05) is 0 Å². The first-order chi connectivity index (χ1) is 20.8. The van der Waals surface area contributed by atoms with Crippen molar-refractivity contribution in [1.29, 1.82) is 0 Å². The first kappa shape index (κ1) is 23.1. The Balaban J connectivity index is 1.34. The third kappa shape index (κ3) is 3.31. The van der Waals surface area contributed by atoms with Gasteiger partial charge in [-0.1, -0.05) is 97.1 Å². The van der Waals surface area contributed by atoms with Gasteiger partial charge in [0.15, 0.2) is 0 Å². The summed E-state index contributed by atoms with van der Waals surface area (Å²) < 4.78 is 4.67. The molecule has 9 aromatic rings. The largest absolute Gasteiger partial charge is 0.309 e. The molecule has 3 heterocycles. The molecule has 0 unspecified atom stereocenters. The fourth-order valence-corrected chi connectivity index (χ4v) is 6.65. The van der Waals surface area contributed by atoms with Gasteiger partial charge in [-0.2, -0.15) is 0 Å². The number of hydrogen-bond donors (Lipinski definition) is 0. The molecule has 3 heteroatoms. The van der Waals surface area contributed by atoms with Gasteiger partial charge in [-0.25, -0.2) is 4.98 Å². The van der Waals surface area contributed by atoms with E-state index in [0.29, 0.717) is 0 Å². The van der Waals surface area contributed by atoms with Crippen molar-refractivity contribution in [3.63, 3.8) is 0 Å². The molecule has 0 fully saturated rings. The third-order valence-electron chi connectivity index (χ3n) is 8.50. The lowest BCUT2D eigenvalue weighted by molar-refractivity contribution is 1.14. The molecule has 0 aliphatic heterocycles. The van der Waals surface area contributed by atoms with E-state index in [-0.39, 0.29) is 0 Å². The second-order valence-electron chi connectivity index (χ2n) is 10.8. The van der Waals surface area contributed by atoms with Gasteiger partial charge in [0, 0.05) is 38.5 Å². The number of para-hydroxylation sites is 3. The van der Waals surface area contributed by atoms with E-state index in [1.54, 1.807) is 0 Å². The summed E-state index contributed by atoms with van der Waals surface area (Å²) in [6.07, 6.45) is 0. The summed E-state index contributed by atoms with van der Waals surface area (Å²) in [7, 11) is 0. The van der Waals surface area contributed by atoms with E-state index in [1.807, 2.05) is 0 Å². The zero-order valence-corrected chi connectivity index (χ0v) is 22.8. The zero-order valence-electron chi connectivity index (χ0n) is 22.8. The summed E-state index contributed by atoms with van der Waals surface area (Å²) in [6, 6.07) is 54.1. The van der Waals surface area contributed by atoms with E-state index in [4.69, 9.17) is 4.98 Å². The molecule has 6 aromatic carbocycles. The van der Waals surface area contributed by atoms with Crippen LogP contribution in [0.25, 0.3) is 77.1 Å². The van der Waals surface area contributed by atoms with E-state index < -0.39 is 0 Å². The van der Waals surface area contributed by atoms with Gasteiger partial charge >= 0.3 is 0 Å². The van der Waals surface area contributed by atoms with Gasteiger partial charge in [0.25, 0.3) is 0 Å². The fourth-order valence-electron chi connectivity index (χ4n) is 6.65. The Morgan fingerprint density at radius 3 is 1.95 bits per heavy atom. The Kier molecular flexibility index (Phi) is 4.90. The summed E-state index contributed by atoms with van der Waals surface area (Å²) in [6.45, 7) is 0. The van der Waals surface area contributed by atoms with Crippen molar-refractivity contribution in [2.24, 2.45) is 0 Å². The highest BCUT2D eigenvalue weighted by atomic mass is 15.0. The first-order valence-corrected chi connectivity index (χ1v) is 14.3. The van der Waals surface area contributed by atoms with Gasteiger partial charge in [-0.15, -0.1) is 0 Å². The van der Waals surface area contributed by atoms with Crippen molar-refractivity contribution >= 4 is 54.5 Å². The van der Waals surface area contributed by atoms with Crippen LogP contribution in [0.1, 0.15) is 0 Å². The SMILES string of the molecule is c1ccc(-n2c3ccccc3c3ccc(-c4cccc5c4c4ccccc4n5-c4ccc5ccccc5c4)nc32)cc1. The van der Waals surface area contributed by atoms with Crippen LogP contribution >= 0.6 is 0 Å². The number of benzene rings is 6. The Hall–Kier alpha value is -5.67. The lowest BCUT2D eigenvalue weighted by Crippen LogP contribution is -1.96. The second kappa shape index (κ2) is 8.92. The summed E-state index contributed by atoms with van der Waals surface area (Å²) >= 11 is 0. The van der Waals surface area contributed by atoms with Crippen molar-refractivity contribution in [2.45, 2.75) is 0 Å². The Bertz CT molecular complexity index is 2460. The topological polar surface area (TPSA) is 22.8 Å². The van der Waals surface area contributed by atoms with Gasteiger partial charge < -0.3 is 4.57 Å². The standard InChI is InChI=1S/C39H25N3/c1-2-13-28(14-3-1)42-35-18-8-6-15-30(35)31-23-24-34(40-39(31)42)32-17-10-20-37-38(32)33-16-7-9-19-36(33)41(37)29-22-21-26-11-4-5-12-27(26)25-29/h1-25H. The molecule has 3 nitrogen and oxygen atoms in total. The summed E-state index contributed by atoms with van der Waals surface area (Å²) in [5.74, 6) is 0.